The molecule has 2 aromatic rings. The second-order valence-electron chi connectivity index (χ2n) is 5.89. The summed E-state index contributed by atoms with van der Waals surface area (Å²) in [6, 6.07) is 11.7. The van der Waals surface area contributed by atoms with Crippen molar-refractivity contribution in [2.24, 2.45) is 4.99 Å². The van der Waals surface area contributed by atoms with E-state index in [0.717, 1.165) is 22.6 Å². The lowest BCUT2D eigenvalue weighted by atomic mass is 10.2. The molecule has 0 radical (unpaired) electrons. The van der Waals surface area contributed by atoms with Crippen LogP contribution in [0.1, 0.15) is 18.1 Å². The van der Waals surface area contributed by atoms with Crippen LogP contribution in [0.3, 0.4) is 0 Å². The monoisotopic (exact) mass is 515 g/mol. The SMILES string of the molecule is CCOc1ccc(CNC(=NC)NCc2ccc(OC)c(OC)c2)cc1OC.I. The predicted octanol–water partition coefficient (Wildman–Crippen LogP) is 3.59. The summed E-state index contributed by atoms with van der Waals surface area (Å²) in [6.07, 6.45) is 0. The fourth-order valence-corrected chi connectivity index (χ4v) is 2.68. The first-order chi connectivity index (χ1) is 13.6. The summed E-state index contributed by atoms with van der Waals surface area (Å²) in [7, 11) is 6.62. The largest absolute Gasteiger partial charge is 0.493 e. The van der Waals surface area contributed by atoms with Crippen molar-refractivity contribution in [2.75, 3.05) is 35.0 Å². The van der Waals surface area contributed by atoms with E-state index in [4.69, 9.17) is 18.9 Å². The third-order valence-corrected chi connectivity index (χ3v) is 4.12. The number of hydrogen-bond donors (Lipinski definition) is 2. The van der Waals surface area contributed by atoms with Crippen molar-refractivity contribution in [2.45, 2.75) is 20.0 Å². The van der Waals surface area contributed by atoms with Crippen LogP contribution in [0, 0.1) is 0 Å². The summed E-state index contributed by atoms with van der Waals surface area (Å²) in [6.45, 7) is 3.75. The van der Waals surface area contributed by atoms with E-state index in [1.54, 1.807) is 28.4 Å². The molecule has 8 heteroatoms. The molecule has 0 spiro atoms. The van der Waals surface area contributed by atoms with Gasteiger partial charge in [0.1, 0.15) is 0 Å². The van der Waals surface area contributed by atoms with Crippen molar-refractivity contribution < 1.29 is 18.9 Å². The van der Waals surface area contributed by atoms with Gasteiger partial charge >= 0.3 is 0 Å². The summed E-state index contributed by atoms with van der Waals surface area (Å²) < 4.78 is 21.6. The Morgan fingerprint density at radius 1 is 0.793 bits per heavy atom. The number of aliphatic imine (C=N–C) groups is 1. The highest BCUT2D eigenvalue weighted by molar-refractivity contribution is 14.0. The number of ether oxygens (including phenoxy) is 4. The van der Waals surface area contributed by atoms with Crippen LogP contribution in [0.25, 0.3) is 0 Å². The summed E-state index contributed by atoms with van der Waals surface area (Å²) in [5.41, 5.74) is 2.12. The zero-order chi connectivity index (χ0) is 20.4. The smallest absolute Gasteiger partial charge is 0.191 e. The Kier molecular flexibility index (Phi) is 11.0. The van der Waals surface area contributed by atoms with Crippen LogP contribution >= 0.6 is 24.0 Å². The second-order valence-corrected chi connectivity index (χ2v) is 5.89. The zero-order valence-electron chi connectivity index (χ0n) is 17.6. The van der Waals surface area contributed by atoms with E-state index in [1.165, 1.54) is 0 Å². The van der Waals surface area contributed by atoms with Crippen molar-refractivity contribution in [3.05, 3.63) is 47.5 Å². The van der Waals surface area contributed by atoms with Gasteiger partial charge in [0.25, 0.3) is 0 Å². The van der Waals surface area contributed by atoms with Crippen LogP contribution in [0.5, 0.6) is 23.0 Å². The quantitative estimate of drug-likeness (QED) is 0.302. The molecule has 0 aliphatic heterocycles. The summed E-state index contributed by atoms with van der Waals surface area (Å²) >= 11 is 0. The fourth-order valence-electron chi connectivity index (χ4n) is 2.68. The molecular formula is C21H30IN3O4. The number of rotatable bonds is 9. The van der Waals surface area contributed by atoms with Crippen molar-refractivity contribution >= 4 is 29.9 Å². The highest BCUT2D eigenvalue weighted by atomic mass is 127. The molecule has 0 heterocycles. The zero-order valence-corrected chi connectivity index (χ0v) is 19.9. The maximum Gasteiger partial charge on any atom is 0.191 e. The molecule has 0 fully saturated rings. The number of hydrogen-bond acceptors (Lipinski definition) is 5. The van der Waals surface area contributed by atoms with Gasteiger partial charge in [-0.3, -0.25) is 4.99 Å². The van der Waals surface area contributed by atoms with Gasteiger partial charge in [0.05, 0.1) is 27.9 Å². The predicted molar refractivity (Wildman–Crippen MR) is 126 cm³/mol. The maximum absolute atomic E-state index is 5.55. The molecule has 0 amide bonds. The van der Waals surface area contributed by atoms with E-state index in [9.17, 15) is 0 Å². The van der Waals surface area contributed by atoms with Crippen molar-refractivity contribution in [3.8, 4) is 23.0 Å². The fraction of sp³-hybridized carbons (Fsp3) is 0.381. The Labute approximate surface area is 189 Å². The first-order valence-corrected chi connectivity index (χ1v) is 9.10. The lowest BCUT2D eigenvalue weighted by Crippen LogP contribution is -2.36. The molecule has 0 aromatic heterocycles. The van der Waals surface area contributed by atoms with Gasteiger partial charge in [0.15, 0.2) is 29.0 Å². The Bertz CT molecular complexity index is 799. The third-order valence-electron chi connectivity index (χ3n) is 4.12. The molecule has 0 aliphatic carbocycles. The van der Waals surface area contributed by atoms with Crippen LogP contribution in [-0.2, 0) is 13.1 Å². The van der Waals surface area contributed by atoms with Crippen LogP contribution < -0.4 is 29.6 Å². The molecule has 29 heavy (non-hydrogen) atoms. The van der Waals surface area contributed by atoms with Gasteiger partial charge in [-0.1, -0.05) is 12.1 Å². The standard InChI is InChI=1S/C21H29N3O4.HI/c1-6-28-18-10-8-16(12-20(18)27-5)14-24-21(22-2)23-13-15-7-9-17(25-3)19(11-15)26-4;/h7-12H,6,13-14H2,1-5H3,(H2,22,23,24);1H. The summed E-state index contributed by atoms with van der Waals surface area (Å²) in [5.74, 6) is 3.56. The minimum absolute atomic E-state index is 0. The average molecular weight is 515 g/mol. The number of methoxy groups -OCH3 is 3. The van der Waals surface area contributed by atoms with Crippen molar-refractivity contribution in [3.63, 3.8) is 0 Å². The number of nitrogens with zero attached hydrogens (tertiary/aromatic N) is 1. The maximum atomic E-state index is 5.55. The summed E-state index contributed by atoms with van der Waals surface area (Å²) in [4.78, 5) is 4.27. The number of benzene rings is 2. The van der Waals surface area contributed by atoms with E-state index >= 15 is 0 Å². The van der Waals surface area contributed by atoms with Gasteiger partial charge in [0, 0.05) is 20.1 Å². The van der Waals surface area contributed by atoms with Crippen LogP contribution in [0.2, 0.25) is 0 Å². The van der Waals surface area contributed by atoms with Crippen molar-refractivity contribution in [1.82, 2.24) is 10.6 Å². The molecule has 2 N–H and O–H groups in total. The Morgan fingerprint density at radius 3 is 1.72 bits per heavy atom. The molecule has 0 atom stereocenters. The van der Waals surface area contributed by atoms with Gasteiger partial charge in [-0.15, -0.1) is 24.0 Å². The second kappa shape index (κ2) is 13.0. The van der Waals surface area contributed by atoms with E-state index in [0.29, 0.717) is 37.2 Å². The molecule has 2 aromatic carbocycles. The van der Waals surface area contributed by atoms with Gasteiger partial charge in [-0.25, -0.2) is 0 Å². The van der Waals surface area contributed by atoms with Gasteiger partial charge in [-0.05, 0) is 42.3 Å². The molecule has 160 valence electrons. The minimum Gasteiger partial charge on any atom is -0.493 e. The first-order valence-electron chi connectivity index (χ1n) is 9.10. The molecule has 2 rings (SSSR count). The minimum atomic E-state index is 0. The molecule has 7 nitrogen and oxygen atoms in total. The van der Waals surface area contributed by atoms with E-state index < -0.39 is 0 Å². The Hall–Kier alpha value is -2.36. The van der Waals surface area contributed by atoms with Gasteiger partial charge in [-0.2, -0.15) is 0 Å². The first kappa shape index (κ1) is 24.7. The molecule has 0 bridgehead atoms. The van der Waals surface area contributed by atoms with Crippen molar-refractivity contribution in [1.29, 1.82) is 0 Å². The Morgan fingerprint density at radius 2 is 1.28 bits per heavy atom. The third kappa shape index (κ3) is 7.19. The number of halogens is 1. The van der Waals surface area contributed by atoms with Gasteiger partial charge in [0.2, 0.25) is 0 Å². The number of guanidine groups is 1. The topological polar surface area (TPSA) is 73.3 Å². The molecule has 0 saturated carbocycles. The normalized spacial score (nSPS) is 10.6. The average Bonchev–Trinajstić information content (AvgIpc) is 2.74. The molecule has 0 aliphatic rings. The van der Waals surface area contributed by atoms with Crippen LogP contribution in [-0.4, -0.2) is 40.9 Å². The van der Waals surface area contributed by atoms with Crippen LogP contribution in [0.15, 0.2) is 41.4 Å². The molecular weight excluding hydrogens is 485 g/mol. The van der Waals surface area contributed by atoms with Crippen LogP contribution in [0.4, 0.5) is 0 Å². The van der Waals surface area contributed by atoms with E-state index in [1.807, 2.05) is 43.3 Å². The van der Waals surface area contributed by atoms with E-state index in [-0.39, 0.29) is 24.0 Å². The molecule has 0 unspecified atom stereocenters. The highest BCUT2D eigenvalue weighted by Gasteiger charge is 2.07. The van der Waals surface area contributed by atoms with Gasteiger partial charge < -0.3 is 29.6 Å². The van der Waals surface area contributed by atoms with E-state index in [2.05, 4.69) is 15.6 Å². The molecule has 0 saturated heterocycles. The lowest BCUT2D eigenvalue weighted by molar-refractivity contribution is 0.310. The summed E-state index contributed by atoms with van der Waals surface area (Å²) in [5, 5.41) is 6.59. The Balaban J connectivity index is 0.00000420. The lowest BCUT2D eigenvalue weighted by Gasteiger charge is -2.15. The number of nitrogens with one attached hydrogen (secondary N) is 2. The highest BCUT2D eigenvalue weighted by Crippen LogP contribution is 2.28.